The van der Waals surface area contributed by atoms with Crippen molar-refractivity contribution >= 4 is 40.0 Å². The minimum Gasteiger partial charge on any atom is -0.497 e. The average molecular weight is 534 g/mol. The fourth-order valence-electron chi connectivity index (χ4n) is 2.49. The topological polar surface area (TPSA) is 101 Å². The second-order valence-corrected chi connectivity index (χ2v) is 7.70. The Hall–Kier alpha value is -2.05. The van der Waals surface area contributed by atoms with E-state index in [4.69, 9.17) is 9.47 Å². The summed E-state index contributed by atoms with van der Waals surface area (Å²) in [4.78, 5) is 4.43. The van der Waals surface area contributed by atoms with Gasteiger partial charge in [-0.25, -0.2) is 13.1 Å². The number of nitrogens with one attached hydrogen (secondary N) is 3. The maximum absolute atomic E-state index is 11.8. The summed E-state index contributed by atoms with van der Waals surface area (Å²) in [6.07, 6.45) is 0. The molecule has 0 fully saturated rings. The van der Waals surface area contributed by atoms with Crippen molar-refractivity contribution in [2.75, 3.05) is 28.3 Å². The molecule has 0 atom stereocenters. The molecule has 0 heterocycles. The van der Waals surface area contributed by atoms with E-state index in [1.807, 2.05) is 18.2 Å². The summed E-state index contributed by atoms with van der Waals surface area (Å²) in [5.41, 5.74) is 1.90. The summed E-state index contributed by atoms with van der Waals surface area (Å²) in [5.74, 6) is 2.07. The number of guanidine groups is 1. The Morgan fingerprint density at radius 2 is 1.66 bits per heavy atom. The van der Waals surface area contributed by atoms with Gasteiger partial charge in [-0.1, -0.05) is 12.1 Å². The first-order chi connectivity index (χ1) is 13.4. The third kappa shape index (κ3) is 7.05. The predicted octanol–water partition coefficient (Wildman–Crippen LogP) is 2.10. The molecule has 0 amide bonds. The molecular formula is C19H27IN4O4S. The lowest BCUT2D eigenvalue weighted by Gasteiger charge is -2.14. The van der Waals surface area contributed by atoms with Crippen molar-refractivity contribution in [2.24, 2.45) is 4.99 Å². The molecule has 2 aromatic rings. The summed E-state index contributed by atoms with van der Waals surface area (Å²) < 4.78 is 36.4. The van der Waals surface area contributed by atoms with Crippen LogP contribution >= 0.6 is 24.0 Å². The minimum absolute atomic E-state index is 0. The van der Waals surface area contributed by atoms with Gasteiger partial charge in [0.15, 0.2) is 5.96 Å². The van der Waals surface area contributed by atoms with Crippen molar-refractivity contribution in [3.63, 3.8) is 0 Å². The fraction of sp³-hybridized carbons (Fsp3) is 0.316. The molecule has 0 aromatic heterocycles. The normalized spacial score (nSPS) is 11.4. The van der Waals surface area contributed by atoms with Crippen LogP contribution in [-0.4, -0.2) is 42.7 Å². The number of ether oxygens (including phenoxy) is 2. The Balaban J connectivity index is 0.00000420. The zero-order valence-electron chi connectivity index (χ0n) is 16.9. The van der Waals surface area contributed by atoms with Gasteiger partial charge in [0.25, 0.3) is 0 Å². The molecule has 0 radical (unpaired) electrons. The second-order valence-electron chi connectivity index (χ2n) is 5.81. The van der Waals surface area contributed by atoms with Gasteiger partial charge in [0, 0.05) is 31.8 Å². The van der Waals surface area contributed by atoms with Crippen LogP contribution in [0.2, 0.25) is 0 Å². The van der Waals surface area contributed by atoms with E-state index in [-0.39, 0.29) is 28.9 Å². The first-order valence-electron chi connectivity index (χ1n) is 8.61. The van der Waals surface area contributed by atoms with E-state index in [1.54, 1.807) is 45.5 Å². The highest BCUT2D eigenvalue weighted by Gasteiger charge is 2.10. The van der Waals surface area contributed by atoms with Crippen LogP contribution in [-0.2, 0) is 23.1 Å². The SMILES string of the molecule is CN=C(NCc1ccc(S(=O)(=O)NC)cc1)NCc1ccc(OC)cc1OC.I. The summed E-state index contributed by atoms with van der Waals surface area (Å²) in [6.45, 7) is 1.02. The molecular weight excluding hydrogens is 507 g/mol. The van der Waals surface area contributed by atoms with E-state index in [2.05, 4.69) is 20.3 Å². The number of methoxy groups -OCH3 is 2. The van der Waals surface area contributed by atoms with Crippen LogP contribution in [0.25, 0.3) is 0 Å². The summed E-state index contributed by atoms with van der Waals surface area (Å²) in [6, 6.07) is 12.3. The van der Waals surface area contributed by atoms with Gasteiger partial charge in [0.1, 0.15) is 11.5 Å². The van der Waals surface area contributed by atoms with Crippen LogP contribution < -0.4 is 24.8 Å². The highest BCUT2D eigenvalue weighted by atomic mass is 127. The first-order valence-corrected chi connectivity index (χ1v) is 10.1. The third-order valence-electron chi connectivity index (χ3n) is 4.13. The van der Waals surface area contributed by atoms with Crippen molar-refractivity contribution in [1.82, 2.24) is 15.4 Å². The van der Waals surface area contributed by atoms with Gasteiger partial charge in [0.2, 0.25) is 10.0 Å². The Labute approximate surface area is 189 Å². The lowest BCUT2D eigenvalue weighted by Crippen LogP contribution is -2.36. The van der Waals surface area contributed by atoms with Gasteiger partial charge in [-0.3, -0.25) is 4.99 Å². The molecule has 2 aromatic carbocycles. The van der Waals surface area contributed by atoms with E-state index in [0.29, 0.717) is 19.0 Å². The van der Waals surface area contributed by atoms with E-state index < -0.39 is 10.0 Å². The first kappa shape index (κ1) is 25.0. The van der Waals surface area contributed by atoms with E-state index in [0.717, 1.165) is 22.6 Å². The van der Waals surface area contributed by atoms with Crippen LogP contribution in [0, 0.1) is 0 Å². The molecule has 0 aliphatic rings. The van der Waals surface area contributed by atoms with Crippen molar-refractivity contribution in [3.8, 4) is 11.5 Å². The predicted molar refractivity (Wildman–Crippen MR) is 125 cm³/mol. The molecule has 0 unspecified atom stereocenters. The number of hydrogen-bond donors (Lipinski definition) is 3. The number of hydrogen-bond acceptors (Lipinski definition) is 5. The monoisotopic (exact) mass is 534 g/mol. The lowest BCUT2D eigenvalue weighted by atomic mass is 10.2. The number of sulfonamides is 1. The Morgan fingerprint density at radius 1 is 1.00 bits per heavy atom. The van der Waals surface area contributed by atoms with E-state index in [9.17, 15) is 8.42 Å². The maximum atomic E-state index is 11.8. The van der Waals surface area contributed by atoms with Crippen LogP contribution in [0.5, 0.6) is 11.5 Å². The van der Waals surface area contributed by atoms with Crippen molar-refractivity contribution < 1.29 is 17.9 Å². The highest BCUT2D eigenvalue weighted by Crippen LogP contribution is 2.24. The number of rotatable bonds is 8. The van der Waals surface area contributed by atoms with Crippen LogP contribution in [0.1, 0.15) is 11.1 Å². The van der Waals surface area contributed by atoms with Gasteiger partial charge in [0.05, 0.1) is 19.1 Å². The number of benzene rings is 2. The van der Waals surface area contributed by atoms with Gasteiger partial charge in [-0.05, 0) is 36.9 Å². The number of nitrogens with zero attached hydrogens (tertiary/aromatic N) is 1. The molecule has 0 saturated heterocycles. The summed E-state index contributed by atoms with van der Waals surface area (Å²) in [7, 11) is 2.87. The number of aliphatic imine (C=N–C) groups is 1. The Bertz CT molecular complexity index is 918. The molecule has 0 spiro atoms. The van der Waals surface area contributed by atoms with Crippen molar-refractivity contribution in [1.29, 1.82) is 0 Å². The van der Waals surface area contributed by atoms with Gasteiger partial charge >= 0.3 is 0 Å². The Morgan fingerprint density at radius 3 is 2.21 bits per heavy atom. The average Bonchev–Trinajstić information content (AvgIpc) is 2.74. The molecule has 0 saturated carbocycles. The molecule has 0 bridgehead atoms. The van der Waals surface area contributed by atoms with E-state index >= 15 is 0 Å². The van der Waals surface area contributed by atoms with Gasteiger partial charge in [-0.15, -0.1) is 24.0 Å². The molecule has 160 valence electrons. The quantitative estimate of drug-likeness (QED) is 0.273. The van der Waals surface area contributed by atoms with Crippen LogP contribution in [0.3, 0.4) is 0 Å². The second kappa shape index (κ2) is 11.8. The maximum Gasteiger partial charge on any atom is 0.240 e. The zero-order chi connectivity index (χ0) is 20.6. The standard InChI is InChI=1S/C19H26N4O4S.HI/c1-20-19(23-13-15-7-8-16(26-3)11-18(15)27-4)22-12-14-5-9-17(10-6-14)28(24,25)21-2;/h5-11,21H,12-13H2,1-4H3,(H2,20,22,23);1H. The number of halogens is 1. The molecule has 0 aliphatic carbocycles. The minimum atomic E-state index is -3.43. The van der Waals surface area contributed by atoms with E-state index in [1.165, 1.54) is 7.05 Å². The van der Waals surface area contributed by atoms with Gasteiger partial charge in [-0.2, -0.15) is 0 Å². The summed E-state index contributed by atoms with van der Waals surface area (Å²) in [5, 5.41) is 6.42. The van der Waals surface area contributed by atoms with Crippen LogP contribution in [0.15, 0.2) is 52.4 Å². The molecule has 2 rings (SSSR count). The molecule has 0 aliphatic heterocycles. The lowest BCUT2D eigenvalue weighted by molar-refractivity contribution is 0.390. The summed E-state index contributed by atoms with van der Waals surface area (Å²) >= 11 is 0. The van der Waals surface area contributed by atoms with Crippen LogP contribution in [0.4, 0.5) is 0 Å². The molecule has 3 N–H and O–H groups in total. The Kier molecular flexibility index (Phi) is 10.2. The molecule has 29 heavy (non-hydrogen) atoms. The van der Waals surface area contributed by atoms with Gasteiger partial charge < -0.3 is 20.1 Å². The smallest absolute Gasteiger partial charge is 0.240 e. The third-order valence-corrected chi connectivity index (χ3v) is 5.56. The fourth-order valence-corrected chi connectivity index (χ4v) is 3.22. The highest BCUT2D eigenvalue weighted by molar-refractivity contribution is 14.0. The zero-order valence-corrected chi connectivity index (χ0v) is 20.0. The van der Waals surface area contributed by atoms with Crippen molar-refractivity contribution in [3.05, 3.63) is 53.6 Å². The van der Waals surface area contributed by atoms with Crippen molar-refractivity contribution in [2.45, 2.75) is 18.0 Å². The largest absolute Gasteiger partial charge is 0.497 e. The molecule has 8 nitrogen and oxygen atoms in total. The molecule has 10 heteroatoms.